The summed E-state index contributed by atoms with van der Waals surface area (Å²) in [6.45, 7) is 2.13. The third kappa shape index (κ3) is 10.8. The van der Waals surface area contributed by atoms with Crippen molar-refractivity contribution in [3.8, 4) is 0 Å². The summed E-state index contributed by atoms with van der Waals surface area (Å²) in [5.74, 6) is -2.04. The summed E-state index contributed by atoms with van der Waals surface area (Å²) in [5.41, 5.74) is -0.728. The van der Waals surface area contributed by atoms with Crippen molar-refractivity contribution in [2.45, 2.75) is 82.6 Å². The Morgan fingerprint density at radius 1 is 1.07 bits per heavy atom. The van der Waals surface area contributed by atoms with Crippen LogP contribution >= 0.6 is 11.6 Å². The van der Waals surface area contributed by atoms with Crippen LogP contribution in [0.1, 0.15) is 75.5 Å². The normalized spacial score (nSPS) is 16.1. The Morgan fingerprint density at radius 3 is 2.43 bits per heavy atom. The van der Waals surface area contributed by atoms with E-state index in [9.17, 15) is 24.3 Å². The quantitative estimate of drug-likeness (QED) is 0.199. The Labute approximate surface area is 264 Å². The number of rotatable bonds is 14. The minimum absolute atomic E-state index is 0.163. The predicted octanol–water partition coefficient (Wildman–Crippen LogP) is 4.93. The maximum absolute atomic E-state index is 13.6. The first-order valence-electron chi connectivity index (χ1n) is 15.1. The minimum atomic E-state index is -2.48. The third-order valence-electron chi connectivity index (χ3n) is 8.06. The molecule has 3 amide bonds. The minimum Gasteiger partial charge on any atom is -0.465 e. The molecular formula is C33H44ClN3O7. The van der Waals surface area contributed by atoms with Gasteiger partial charge < -0.3 is 30.1 Å². The monoisotopic (exact) mass is 629 g/mol. The van der Waals surface area contributed by atoms with Crippen molar-refractivity contribution in [2.75, 3.05) is 20.7 Å². The lowest BCUT2D eigenvalue weighted by molar-refractivity contribution is -0.171. The first-order chi connectivity index (χ1) is 21.0. The van der Waals surface area contributed by atoms with E-state index in [1.807, 2.05) is 30.3 Å². The number of aliphatic hydroxyl groups is 1. The summed E-state index contributed by atoms with van der Waals surface area (Å²) >= 11 is 6.07. The van der Waals surface area contributed by atoms with E-state index in [1.165, 1.54) is 4.90 Å². The van der Waals surface area contributed by atoms with Crippen LogP contribution in [0.5, 0.6) is 0 Å². The van der Waals surface area contributed by atoms with Gasteiger partial charge in [-0.25, -0.2) is 9.59 Å². The van der Waals surface area contributed by atoms with E-state index in [-0.39, 0.29) is 18.2 Å². The fourth-order valence-corrected chi connectivity index (χ4v) is 5.57. The summed E-state index contributed by atoms with van der Waals surface area (Å²) < 4.78 is 10.3. The van der Waals surface area contributed by atoms with Gasteiger partial charge in [-0.3, -0.25) is 9.59 Å². The number of methoxy groups -OCH3 is 1. The zero-order valence-electron chi connectivity index (χ0n) is 25.7. The number of benzene rings is 2. The Hall–Kier alpha value is -3.63. The SMILES string of the molecule is COC(=O)C(O)(CCC(=O)N(C)CCc1ccccc1)NC(=O)[C@H](CC1CCCCC1)NC(=O)OC(C)c1cccc(Cl)c1. The maximum atomic E-state index is 13.6. The van der Waals surface area contributed by atoms with E-state index >= 15 is 0 Å². The van der Waals surface area contributed by atoms with Gasteiger partial charge in [-0.2, -0.15) is 0 Å². The van der Waals surface area contributed by atoms with E-state index in [0.717, 1.165) is 44.8 Å². The summed E-state index contributed by atoms with van der Waals surface area (Å²) in [6, 6.07) is 15.5. The molecule has 1 aliphatic rings. The van der Waals surface area contributed by atoms with Gasteiger partial charge in [-0.1, -0.05) is 86.2 Å². The second-order valence-corrected chi connectivity index (χ2v) is 11.9. The number of alkyl carbamates (subject to hydrolysis) is 1. The second-order valence-electron chi connectivity index (χ2n) is 11.4. The fourth-order valence-electron chi connectivity index (χ4n) is 5.37. The number of hydrogen-bond donors (Lipinski definition) is 3. The van der Waals surface area contributed by atoms with Gasteiger partial charge in [-0.15, -0.1) is 0 Å². The number of nitrogens with one attached hydrogen (secondary N) is 2. The Morgan fingerprint density at radius 2 is 1.77 bits per heavy atom. The number of carbonyl (C=O) groups is 4. The molecule has 3 rings (SSSR count). The van der Waals surface area contributed by atoms with Crippen molar-refractivity contribution >= 4 is 35.5 Å². The Bertz CT molecular complexity index is 1250. The number of hydrogen-bond acceptors (Lipinski definition) is 7. The van der Waals surface area contributed by atoms with Crippen LogP contribution in [-0.4, -0.2) is 66.4 Å². The topological polar surface area (TPSA) is 134 Å². The van der Waals surface area contributed by atoms with Crippen LogP contribution in [0.25, 0.3) is 0 Å². The van der Waals surface area contributed by atoms with Crippen molar-refractivity contribution in [2.24, 2.45) is 5.92 Å². The lowest BCUT2D eigenvalue weighted by Gasteiger charge is -2.31. The number of ether oxygens (including phenoxy) is 2. The van der Waals surface area contributed by atoms with Crippen LogP contribution in [0.15, 0.2) is 54.6 Å². The Kier molecular flexibility index (Phi) is 13.5. The molecule has 2 unspecified atom stereocenters. The molecule has 2 aromatic carbocycles. The number of esters is 1. The van der Waals surface area contributed by atoms with E-state index in [4.69, 9.17) is 21.1 Å². The first kappa shape index (κ1) is 34.9. The summed E-state index contributed by atoms with van der Waals surface area (Å²) in [4.78, 5) is 53.6. The van der Waals surface area contributed by atoms with E-state index in [2.05, 4.69) is 10.6 Å². The fraction of sp³-hybridized carbons (Fsp3) is 0.515. The van der Waals surface area contributed by atoms with Gasteiger partial charge in [0.15, 0.2) is 0 Å². The number of nitrogens with zero attached hydrogens (tertiary/aromatic N) is 1. The van der Waals surface area contributed by atoms with Crippen LogP contribution in [0.4, 0.5) is 4.79 Å². The molecule has 44 heavy (non-hydrogen) atoms. The van der Waals surface area contributed by atoms with E-state index < -0.39 is 42.3 Å². The lowest BCUT2D eigenvalue weighted by atomic mass is 9.84. The lowest BCUT2D eigenvalue weighted by Crippen LogP contribution is -2.60. The van der Waals surface area contributed by atoms with Crippen LogP contribution in [0, 0.1) is 5.92 Å². The average molecular weight is 630 g/mol. The molecule has 240 valence electrons. The predicted molar refractivity (Wildman–Crippen MR) is 167 cm³/mol. The highest BCUT2D eigenvalue weighted by molar-refractivity contribution is 6.30. The van der Waals surface area contributed by atoms with Gasteiger partial charge in [0.05, 0.1) is 7.11 Å². The van der Waals surface area contributed by atoms with E-state index in [0.29, 0.717) is 30.0 Å². The van der Waals surface area contributed by atoms with Crippen LogP contribution < -0.4 is 10.6 Å². The van der Waals surface area contributed by atoms with Gasteiger partial charge in [0.1, 0.15) is 12.1 Å². The molecule has 3 atom stereocenters. The summed E-state index contributed by atoms with van der Waals surface area (Å²) in [5, 5.41) is 16.8. The van der Waals surface area contributed by atoms with Crippen molar-refractivity contribution in [3.05, 3.63) is 70.7 Å². The van der Waals surface area contributed by atoms with Gasteiger partial charge in [0.25, 0.3) is 0 Å². The standard InChI is InChI=1S/C33H44ClN3O7/c1-23(26-15-10-16-27(34)22-26)44-32(41)35-28(21-25-13-8-5-9-14-25)30(39)36-33(42,31(40)43-3)19-17-29(38)37(2)20-18-24-11-6-4-7-12-24/h4,6-7,10-12,15-16,22-23,25,28,42H,5,8-9,13-14,17-21H2,1-3H3,(H,35,41)(H,36,39)/t23?,28-,33?/m0/s1. The van der Waals surface area contributed by atoms with Gasteiger partial charge >= 0.3 is 12.1 Å². The number of carbonyl (C=O) groups excluding carboxylic acids is 4. The number of amides is 3. The molecule has 3 N–H and O–H groups in total. The van der Waals surface area contributed by atoms with Crippen molar-refractivity contribution in [3.63, 3.8) is 0 Å². The molecule has 1 fully saturated rings. The zero-order valence-corrected chi connectivity index (χ0v) is 26.5. The molecule has 2 aromatic rings. The van der Waals surface area contributed by atoms with Crippen LogP contribution in [-0.2, 0) is 30.3 Å². The molecule has 0 spiro atoms. The molecule has 0 aromatic heterocycles. The molecule has 0 heterocycles. The van der Waals surface area contributed by atoms with E-state index in [1.54, 1.807) is 38.2 Å². The number of halogens is 1. The molecule has 1 saturated carbocycles. The molecule has 1 aliphatic carbocycles. The first-order valence-corrected chi connectivity index (χ1v) is 15.5. The highest BCUT2D eigenvalue weighted by atomic mass is 35.5. The molecule has 0 aliphatic heterocycles. The van der Waals surface area contributed by atoms with Crippen molar-refractivity contribution < 1.29 is 33.8 Å². The highest BCUT2D eigenvalue weighted by Crippen LogP contribution is 2.28. The van der Waals surface area contributed by atoms with Gasteiger partial charge in [0, 0.05) is 31.5 Å². The van der Waals surface area contributed by atoms with Crippen LogP contribution in [0.2, 0.25) is 5.02 Å². The zero-order chi connectivity index (χ0) is 32.1. The van der Waals surface area contributed by atoms with Crippen molar-refractivity contribution in [1.29, 1.82) is 0 Å². The molecule has 0 saturated heterocycles. The highest BCUT2D eigenvalue weighted by Gasteiger charge is 2.41. The molecular weight excluding hydrogens is 586 g/mol. The van der Waals surface area contributed by atoms with Crippen LogP contribution in [0.3, 0.4) is 0 Å². The summed E-state index contributed by atoms with van der Waals surface area (Å²) in [6.07, 6.45) is 3.75. The van der Waals surface area contributed by atoms with Gasteiger partial charge in [-0.05, 0) is 48.9 Å². The van der Waals surface area contributed by atoms with Gasteiger partial charge in [0.2, 0.25) is 17.5 Å². The number of likely N-dealkylation sites (N-methyl/N-ethyl adjacent to an activating group) is 1. The smallest absolute Gasteiger partial charge is 0.408 e. The Balaban J connectivity index is 1.66. The second kappa shape index (κ2) is 17.0. The molecule has 11 heteroatoms. The van der Waals surface area contributed by atoms with Crippen molar-refractivity contribution in [1.82, 2.24) is 15.5 Å². The summed E-state index contributed by atoms with van der Waals surface area (Å²) in [7, 11) is 2.72. The largest absolute Gasteiger partial charge is 0.465 e. The average Bonchev–Trinajstić information content (AvgIpc) is 3.02. The molecule has 0 radical (unpaired) electrons. The molecule has 10 nitrogen and oxygen atoms in total. The third-order valence-corrected chi connectivity index (χ3v) is 8.30. The molecule has 0 bridgehead atoms. The maximum Gasteiger partial charge on any atom is 0.408 e.